The maximum absolute atomic E-state index is 12.6. The van der Waals surface area contributed by atoms with Crippen molar-refractivity contribution in [3.8, 4) is 0 Å². The third kappa shape index (κ3) is 4.18. The molecule has 0 aliphatic carbocycles. The fourth-order valence-corrected chi connectivity index (χ4v) is 2.25. The molecule has 0 bridgehead atoms. The zero-order chi connectivity index (χ0) is 19.8. The van der Waals surface area contributed by atoms with Crippen molar-refractivity contribution in [1.82, 2.24) is 0 Å². The quantitative estimate of drug-likeness (QED) is 0.535. The van der Waals surface area contributed by atoms with E-state index in [2.05, 4.69) is 20.8 Å². The molecule has 0 amide bonds. The maximum atomic E-state index is 12.6. The van der Waals surface area contributed by atoms with Crippen LogP contribution in [0.25, 0.3) is 0 Å². The van der Waals surface area contributed by atoms with Crippen LogP contribution in [0.3, 0.4) is 0 Å². The Labute approximate surface area is 139 Å². The number of halogens is 1. The van der Waals surface area contributed by atoms with E-state index in [0.29, 0.717) is 0 Å². The molecule has 0 spiro atoms. The summed E-state index contributed by atoms with van der Waals surface area (Å²) in [6.45, 7) is 6.30. The van der Waals surface area contributed by atoms with Gasteiger partial charge in [-0.25, -0.2) is 0 Å². The summed E-state index contributed by atoms with van der Waals surface area (Å²) in [5, 5.41) is -0.644. The second-order valence-corrected chi connectivity index (χ2v) is 6.49. The first-order valence-electron chi connectivity index (χ1n) is 9.29. The van der Waals surface area contributed by atoms with E-state index in [1.807, 2.05) is 24.3 Å². The Kier molecular flexibility index (Phi) is 3.12. The number of benzene rings is 2. The van der Waals surface area contributed by atoms with Crippen LogP contribution in [0.1, 0.15) is 60.9 Å². The third-order valence-electron chi connectivity index (χ3n) is 3.28. The van der Waals surface area contributed by atoms with Crippen LogP contribution in [0.15, 0.2) is 54.5 Å². The molecule has 0 aliphatic rings. The van der Waals surface area contributed by atoms with Gasteiger partial charge >= 0.3 is 0 Å². The summed E-state index contributed by atoms with van der Waals surface area (Å²) in [5.41, 5.74) is 1.58. The Hall–Kier alpha value is -1.60. The van der Waals surface area contributed by atoms with E-state index in [4.69, 9.17) is 18.5 Å². The highest BCUT2D eigenvalue weighted by atomic mass is 35.5. The lowest BCUT2D eigenvalue weighted by Gasteiger charge is -2.19. The molecule has 1 nitrogen and oxygen atoms in total. The smallest absolute Gasteiger partial charge is 0.164 e. The Morgan fingerprint density at radius 1 is 1.14 bits per heavy atom. The minimum absolute atomic E-state index is 0.00343. The molecule has 2 rings (SSSR count). The lowest BCUT2D eigenvalue weighted by molar-refractivity contribution is 0.0981. The van der Waals surface area contributed by atoms with Gasteiger partial charge < -0.3 is 0 Å². The summed E-state index contributed by atoms with van der Waals surface area (Å²) in [6, 6.07) is 5.09. The van der Waals surface area contributed by atoms with Gasteiger partial charge in [0.15, 0.2) is 5.78 Å². The molecule has 0 fully saturated rings. The molecule has 0 saturated heterocycles. The topological polar surface area (TPSA) is 17.1 Å². The Balaban J connectivity index is 2.28. The molecule has 0 radical (unpaired) electrons. The number of ketones is 1. The van der Waals surface area contributed by atoms with Crippen molar-refractivity contribution in [3.63, 3.8) is 0 Å². The highest BCUT2D eigenvalue weighted by molar-refractivity contribution is 6.22. The lowest BCUT2D eigenvalue weighted by Crippen LogP contribution is -2.11. The first-order chi connectivity index (χ1) is 11.9. The van der Waals surface area contributed by atoms with Crippen molar-refractivity contribution in [3.05, 3.63) is 71.2 Å². The SMILES string of the molecule is [2H]c1c([2H])c([2H])c(C(=O)CC(Cl)c2ccc(C(C)(C)C)cc2)c([2H])c1[2H]. The molecular formula is C19H21ClO. The molecule has 2 aromatic carbocycles. The summed E-state index contributed by atoms with van der Waals surface area (Å²) in [5.74, 6) is -0.568. The number of rotatable bonds is 4. The average Bonchev–Trinajstić information content (AvgIpc) is 2.57. The van der Waals surface area contributed by atoms with Crippen LogP contribution in [0.2, 0.25) is 0 Å². The van der Waals surface area contributed by atoms with Gasteiger partial charge in [-0.1, -0.05) is 75.2 Å². The molecule has 0 aliphatic heterocycles. The van der Waals surface area contributed by atoms with Crippen LogP contribution in [0.5, 0.6) is 0 Å². The molecule has 2 heteroatoms. The van der Waals surface area contributed by atoms with Gasteiger partial charge in [0.1, 0.15) is 0 Å². The molecule has 0 N–H and O–H groups in total. The van der Waals surface area contributed by atoms with Gasteiger partial charge in [-0.15, -0.1) is 11.6 Å². The molecule has 1 atom stereocenters. The van der Waals surface area contributed by atoms with E-state index in [1.165, 1.54) is 0 Å². The zero-order valence-electron chi connectivity index (χ0n) is 17.4. The maximum Gasteiger partial charge on any atom is 0.164 e. The van der Waals surface area contributed by atoms with E-state index in [1.54, 1.807) is 0 Å². The standard InChI is InChI=1S/C19H21ClO/c1-19(2,3)16-11-9-14(10-12-16)17(20)13-18(21)15-7-5-4-6-8-15/h4-12,17H,13H2,1-3H3/i4D,5D,6D,7D,8D. The monoisotopic (exact) mass is 305 g/mol. The summed E-state index contributed by atoms with van der Waals surface area (Å²) >= 11 is 6.36. The average molecular weight is 306 g/mol. The van der Waals surface area contributed by atoms with Crippen molar-refractivity contribution >= 4 is 17.4 Å². The second kappa shape index (κ2) is 6.44. The number of Topliss-reactive ketones (excluding diaryl/α,β-unsaturated/α-hetero) is 1. The summed E-state index contributed by atoms with van der Waals surface area (Å²) in [4.78, 5) is 12.6. The zero-order valence-corrected chi connectivity index (χ0v) is 13.1. The van der Waals surface area contributed by atoms with Crippen molar-refractivity contribution in [2.45, 2.75) is 38.0 Å². The second-order valence-electron chi connectivity index (χ2n) is 5.97. The van der Waals surface area contributed by atoms with Crippen LogP contribution in [0.4, 0.5) is 0 Å². The van der Waals surface area contributed by atoms with Crippen LogP contribution in [0, 0.1) is 0 Å². The van der Waals surface area contributed by atoms with Gasteiger partial charge in [0, 0.05) is 12.0 Å². The molecule has 0 aromatic heterocycles. The van der Waals surface area contributed by atoms with Crippen LogP contribution in [-0.4, -0.2) is 5.78 Å². The molecule has 0 saturated carbocycles. The molecule has 2 aromatic rings. The first-order valence-corrected chi connectivity index (χ1v) is 7.23. The molecular weight excluding hydrogens is 280 g/mol. The van der Waals surface area contributed by atoms with Gasteiger partial charge in [-0.05, 0) is 16.5 Å². The predicted octanol–water partition coefficient (Wildman–Crippen LogP) is 5.54. The van der Waals surface area contributed by atoms with Crippen molar-refractivity contribution in [2.24, 2.45) is 0 Å². The largest absolute Gasteiger partial charge is 0.294 e. The van der Waals surface area contributed by atoms with E-state index >= 15 is 0 Å². The van der Waals surface area contributed by atoms with Gasteiger partial charge in [0.25, 0.3) is 0 Å². The van der Waals surface area contributed by atoms with Crippen LogP contribution >= 0.6 is 11.6 Å². The van der Waals surface area contributed by atoms with Gasteiger partial charge in [-0.2, -0.15) is 0 Å². The Morgan fingerprint density at radius 2 is 1.71 bits per heavy atom. The van der Waals surface area contributed by atoms with E-state index in [-0.39, 0.29) is 17.4 Å². The normalized spacial score (nSPS) is 16.3. The summed E-state index contributed by atoms with van der Waals surface area (Å²) in [6.07, 6.45) is -0.148. The predicted molar refractivity (Wildman–Crippen MR) is 89.1 cm³/mol. The third-order valence-corrected chi connectivity index (χ3v) is 3.69. The van der Waals surface area contributed by atoms with Gasteiger partial charge in [0.05, 0.1) is 12.2 Å². The van der Waals surface area contributed by atoms with E-state index < -0.39 is 41.4 Å². The van der Waals surface area contributed by atoms with E-state index in [9.17, 15) is 4.79 Å². The van der Waals surface area contributed by atoms with Crippen molar-refractivity contribution in [1.29, 1.82) is 0 Å². The first kappa shape index (κ1) is 10.2. The fraction of sp³-hybridized carbons (Fsp3) is 0.316. The Morgan fingerprint density at radius 3 is 2.24 bits per heavy atom. The van der Waals surface area contributed by atoms with Crippen molar-refractivity contribution in [2.75, 3.05) is 0 Å². The van der Waals surface area contributed by atoms with Crippen LogP contribution in [-0.2, 0) is 5.41 Å². The minimum Gasteiger partial charge on any atom is -0.294 e. The van der Waals surface area contributed by atoms with Gasteiger partial charge in [0.2, 0.25) is 0 Å². The number of hydrogen-bond donors (Lipinski definition) is 0. The molecule has 21 heavy (non-hydrogen) atoms. The Bertz CT molecular complexity index is 811. The number of hydrogen-bond acceptors (Lipinski definition) is 1. The number of alkyl halides is 1. The lowest BCUT2D eigenvalue weighted by atomic mass is 9.86. The van der Waals surface area contributed by atoms with Gasteiger partial charge in [-0.3, -0.25) is 4.79 Å². The van der Waals surface area contributed by atoms with Crippen LogP contribution < -0.4 is 0 Å². The summed E-state index contributed by atoms with van der Waals surface area (Å²) < 4.78 is 38.7. The highest BCUT2D eigenvalue weighted by Gasteiger charge is 2.17. The molecule has 0 heterocycles. The molecule has 1 unspecified atom stereocenters. The number of carbonyl (C=O) groups is 1. The van der Waals surface area contributed by atoms with E-state index in [0.717, 1.165) is 11.1 Å². The van der Waals surface area contributed by atoms with Crippen molar-refractivity contribution < 1.29 is 11.6 Å². The fourth-order valence-electron chi connectivity index (χ4n) is 1.96. The number of carbonyl (C=O) groups excluding carboxylic acids is 1. The highest BCUT2D eigenvalue weighted by Crippen LogP contribution is 2.29. The summed E-state index contributed by atoms with van der Waals surface area (Å²) in [7, 11) is 0. The molecule has 110 valence electrons. The minimum atomic E-state index is -0.644.